The number of nitriles is 1. The van der Waals surface area contributed by atoms with E-state index in [1.807, 2.05) is 19.0 Å². The number of nitrogens with one attached hydrogen (secondary N) is 1. The Bertz CT molecular complexity index is 1080. The van der Waals surface area contributed by atoms with Crippen LogP contribution < -0.4 is 10.5 Å². The second kappa shape index (κ2) is 10.2. The summed E-state index contributed by atoms with van der Waals surface area (Å²) in [5, 5.41) is 17.3. The van der Waals surface area contributed by atoms with Crippen molar-refractivity contribution in [2.75, 3.05) is 26.0 Å². The first kappa shape index (κ1) is 25.5. The number of primary sulfonamides is 1. The fourth-order valence-electron chi connectivity index (χ4n) is 2.97. The molecule has 7 nitrogen and oxygen atoms in total. The number of aryl methyl sites for hydroxylation is 1. The first-order chi connectivity index (χ1) is 14.8. The zero-order valence-corrected chi connectivity index (χ0v) is 18.3. The molecule has 0 bridgehead atoms. The third-order valence-corrected chi connectivity index (χ3v) is 5.58. The van der Waals surface area contributed by atoms with Crippen LogP contribution in [0.1, 0.15) is 29.7 Å². The topological polar surface area (TPSA) is 112 Å². The highest BCUT2D eigenvalue weighted by atomic mass is 32.2. The van der Waals surface area contributed by atoms with Gasteiger partial charge < -0.3 is 10.2 Å². The van der Waals surface area contributed by atoms with Gasteiger partial charge in [-0.1, -0.05) is 6.07 Å². The van der Waals surface area contributed by atoms with Gasteiger partial charge >= 0.3 is 6.18 Å². The molecule has 1 aromatic heterocycles. The number of nitrogens with zero attached hydrogens (tertiary/aromatic N) is 3. The molecule has 1 heterocycles. The van der Waals surface area contributed by atoms with Gasteiger partial charge in [0.25, 0.3) is 0 Å². The Labute approximate surface area is 183 Å². The molecule has 0 saturated carbocycles. The molecule has 174 valence electrons. The van der Waals surface area contributed by atoms with Crippen LogP contribution in [0.25, 0.3) is 0 Å². The number of anilines is 1. The molecule has 0 aliphatic rings. The number of aromatic nitrogens is 1. The largest absolute Gasteiger partial charge is 0.433 e. The van der Waals surface area contributed by atoms with Crippen molar-refractivity contribution in [2.24, 2.45) is 5.14 Å². The minimum atomic E-state index is -4.53. The van der Waals surface area contributed by atoms with E-state index in [-0.39, 0.29) is 17.3 Å². The summed E-state index contributed by atoms with van der Waals surface area (Å²) in [4.78, 5) is 4.82. The van der Waals surface area contributed by atoms with Gasteiger partial charge in [-0.25, -0.2) is 17.9 Å². The van der Waals surface area contributed by atoms with Gasteiger partial charge in [0, 0.05) is 12.2 Å². The summed E-state index contributed by atoms with van der Waals surface area (Å²) in [6.45, 7) is 0.613. The monoisotopic (exact) mass is 473 g/mol. The molecular formula is C20H23F4N5O2S. The van der Waals surface area contributed by atoms with Crippen LogP contribution in [0.2, 0.25) is 0 Å². The van der Waals surface area contributed by atoms with Crippen molar-refractivity contribution in [3.8, 4) is 6.07 Å². The van der Waals surface area contributed by atoms with Crippen molar-refractivity contribution in [3.63, 3.8) is 0 Å². The van der Waals surface area contributed by atoms with E-state index in [9.17, 15) is 31.2 Å². The number of rotatable bonds is 9. The quantitative estimate of drug-likeness (QED) is 0.541. The molecule has 0 unspecified atom stereocenters. The van der Waals surface area contributed by atoms with Gasteiger partial charge in [-0.3, -0.25) is 4.98 Å². The minimum Gasteiger partial charge on any atom is -0.379 e. The molecule has 2 rings (SSSR count). The Hall–Kier alpha value is -2.75. The molecule has 1 atom stereocenters. The highest BCUT2D eigenvalue weighted by Gasteiger charge is 2.32. The van der Waals surface area contributed by atoms with Crippen molar-refractivity contribution >= 4 is 15.7 Å². The molecule has 1 aromatic carbocycles. The van der Waals surface area contributed by atoms with E-state index in [0.717, 1.165) is 24.4 Å². The van der Waals surface area contributed by atoms with Crippen LogP contribution in [0.15, 0.2) is 35.4 Å². The summed E-state index contributed by atoms with van der Waals surface area (Å²) in [5.41, 5.74) is -0.798. The van der Waals surface area contributed by atoms with Crippen LogP contribution in [-0.4, -0.2) is 45.0 Å². The predicted octanol–water partition coefficient (Wildman–Crippen LogP) is 3.12. The molecule has 2 aromatic rings. The molecular weight excluding hydrogens is 450 g/mol. The second-order valence-electron chi connectivity index (χ2n) is 7.51. The normalized spacial score (nSPS) is 13.1. The number of nitrogens with two attached hydrogens (primary N) is 1. The zero-order chi connectivity index (χ0) is 24.1. The van der Waals surface area contributed by atoms with E-state index >= 15 is 0 Å². The lowest BCUT2D eigenvalue weighted by Gasteiger charge is -2.23. The summed E-state index contributed by atoms with van der Waals surface area (Å²) in [6, 6.07) is 5.37. The SMILES string of the molecule is CN(C)CC[C@H](CCc1ccc(C(F)(F)F)nc1)Nc1c(F)cc(S(N)(=O)=O)cc1C#N. The van der Waals surface area contributed by atoms with Gasteiger partial charge in [0.2, 0.25) is 10.0 Å². The van der Waals surface area contributed by atoms with Crippen LogP contribution in [0.4, 0.5) is 23.2 Å². The van der Waals surface area contributed by atoms with Crippen molar-refractivity contribution < 1.29 is 26.0 Å². The lowest BCUT2D eigenvalue weighted by Crippen LogP contribution is -2.27. The minimum absolute atomic E-state index is 0.158. The molecule has 0 fully saturated rings. The predicted molar refractivity (Wildman–Crippen MR) is 111 cm³/mol. The first-order valence-corrected chi connectivity index (χ1v) is 11.1. The van der Waals surface area contributed by atoms with Gasteiger partial charge in [-0.15, -0.1) is 0 Å². The molecule has 0 aliphatic carbocycles. The van der Waals surface area contributed by atoms with Crippen molar-refractivity contribution in [1.29, 1.82) is 5.26 Å². The van der Waals surface area contributed by atoms with E-state index in [4.69, 9.17) is 5.14 Å². The van der Waals surface area contributed by atoms with Crippen molar-refractivity contribution in [3.05, 3.63) is 53.1 Å². The third-order valence-electron chi connectivity index (χ3n) is 4.68. The molecule has 0 aliphatic heterocycles. The number of hydrogen-bond acceptors (Lipinski definition) is 6. The van der Waals surface area contributed by atoms with Crippen LogP contribution >= 0.6 is 0 Å². The Kier molecular flexibility index (Phi) is 8.17. The Morgan fingerprint density at radius 2 is 1.94 bits per heavy atom. The van der Waals surface area contributed by atoms with Crippen LogP contribution in [-0.2, 0) is 22.6 Å². The fraction of sp³-hybridized carbons (Fsp3) is 0.400. The Morgan fingerprint density at radius 1 is 1.25 bits per heavy atom. The van der Waals surface area contributed by atoms with Gasteiger partial charge in [-0.05, 0) is 63.7 Å². The molecule has 0 amide bonds. The lowest BCUT2D eigenvalue weighted by atomic mass is 10.0. The average molecular weight is 473 g/mol. The Morgan fingerprint density at radius 3 is 2.44 bits per heavy atom. The van der Waals surface area contributed by atoms with Gasteiger partial charge in [0.15, 0.2) is 0 Å². The maximum atomic E-state index is 14.6. The van der Waals surface area contributed by atoms with Crippen LogP contribution in [0.5, 0.6) is 0 Å². The lowest BCUT2D eigenvalue weighted by molar-refractivity contribution is -0.141. The molecule has 0 spiro atoms. The van der Waals surface area contributed by atoms with Crippen LogP contribution in [0.3, 0.4) is 0 Å². The zero-order valence-electron chi connectivity index (χ0n) is 17.4. The number of halogens is 4. The van der Waals surface area contributed by atoms with E-state index in [1.165, 1.54) is 6.07 Å². The summed E-state index contributed by atoms with van der Waals surface area (Å²) in [7, 11) is -0.505. The summed E-state index contributed by atoms with van der Waals surface area (Å²) < 4.78 is 75.7. The van der Waals surface area contributed by atoms with Gasteiger partial charge in [0.1, 0.15) is 17.6 Å². The van der Waals surface area contributed by atoms with Gasteiger partial charge in [0.05, 0.1) is 16.1 Å². The summed E-state index contributed by atoms with van der Waals surface area (Å²) in [5.74, 6) is -0.945. The van der Waals surface area contributed by atoms with E-state index in [0.29, 0.717) is 31.4 Å². The van der Waals surface area contributed by atoms with E-state index in [1.54, 1.807) is 6.07 Å². The number of hydrogen-bond donors (Lipinski definition) is 2. The number of sulfonamides is 1. The first-order valence-electron chi connectivity index (χ1n) is 9.51. The van der Waals surface area contributed by atoms with Crippen LogP contribution in [0, 0.1) is 17.1 Å². The smallest absolute Gasteiger partial charge is 0.379 e. The van der Waals surface area contributed by atoms with Crippen molar-refractivity contribution in [2.45, 2.75) is 36.4 Å². The highest BCUT2D eigenvalue weighted by molar-refractivity contribution is 7.89. The standard InChI is InChI=1S/C20H23F4N5O2S/c1-29(2)8-7-15(5-3-13-4-6-18(27-12-13)20(22,23)24)28-19-14(11-25)9-16(10-17(19)21)32(26,30)31/h4,6,9-10,12,15,28H,3,5,7-8H2,1-2H3,(H2,26,30,31)/t15-/m0/s1. The van der Waals surface area contributed by atoms with Crippen molar-refractivity contribution in [1.82, 2.24) is 9.88 Å². The Balaban J connectivity index is 2.23. The molecule has 0 saturated heterocycles. The molecule has 32 heavy (non-hydrogen) atoms. The highest BCUT2D eigenvalue weighted by Crippen LogP contribution is 2.28. The number of benzene rings is 1. The van der Waals surface area contributed by atoms with Gasteiger partial charge in [-0.2, -0.15) is 18.4 Å². The maximum Gasteiger partial charge on any atom is 0.433 e. The van der Waals surface area contributed by atoms with E-state index < -0.39 is 32.6 Å². The fourth-order valence-corrected chi connectivity index (χ4v) is 3.52. The third kappa shape index (κ3) is 7.15. The summed E-state index contributed by atoms with van der Waals surface area (Å²) in [6.07, 6.45) is -2.09. The average Bonchev–Trinajstić information content (AvgIpc) is 2.69. The summed E-state index contributed by atoms with van der Waals surface area (Å²) >= 11 is 0. The molecule has 3 N–H and O–H groups in total. The second-order valence-corrected chi connectivity index (χ2v) is 9.07. The number of alkyl halides is 3. The molecule has 12 heteroatoms. The van der Waals surface area contributed by atoms with E-state index in [2.05, 4.69) is 10.3 Å². The molecule has 0 radical (unpaired) electrons. The number of pyridine rings is 1. The maximum absolute atomic E-state index is 14.6.